The minimum atomic E-state index is -1.69. The van der Waals surface area contributed by atoms with Gasteiger partial charge in [-0.25, -0.2) is 9.59 Å². The molecule has 37 heavy (non-hydrogen) atoms. The summed E-state index contributed by atoms with van der Waals surface area (Å²) in [4.78, 5) is 24.4. The summed E-state index contributed by atoms with van der Waals surface area (Å²) in [6, 6.07) is 3.94. The van der Waals surface area contributed by atoms with E-state index in [1.807, 2.05) is 0 Å². The van der Waals surface area contributed by atoms with E-state index in [4.69, 9.17) is 23.7 Å². The number of aliphatic hydroxyl groups excluding tert-OH is 4. The lowest BCUT2D eigenvalue weighted by atomic mass is 9.83. The van der Waals surface area contributed by atoms with Gasteiger partial charge in [-0.3, -0.25) is 0 Å². The summed E-state index contributed by atoms with van der Waals surface area (Å²) in [6.07, 6.45) is -5.89. The lowest BCUT2D eigenvalue weighted by molar-refractivity contribution is -0.339. The number of fused-ring (bicyclic) bond motifs is 1. The standard InChI is InChI=1S/C24H28O13/c1-33-15-6-10(3-5-14(15)26)22(32)34-8-11-2-4-12-13(21(30)31)9-35-23(17(11)12)37-24-20(29)19(28)18(27)16(7-25)36-24/h2-3,5-6,9,12,16-20,23-29H,4,7-8H2,1H3,(H,30,31)/t12-,16-,17+,18-,19+,20-,23+,24-/m1/s1. The van der Waals surface area contributed by atoms with E-state index in [1.54, 1.807) is 6.08 Å². The van der Waals surface area contributed by atoms with E-state index in [2.05, 4.69) is 0 Å². The second kappa shape index (κ2) is 11.0. The summed E-state index contributed by atoms with van der Waals surface area (Å²) in [5, 5.41) is 59.2. The van der Waals surface area contributed by atoms with Crippen LogP contribution in [0.1, 0.15) is 16.8 Å². The highest BCUT2D eigenvalue weighted by Gasteiger charge is 2.49. The highest BCUT2D eigenvalue weighted by molar-refractivity contribution is 5.90. The summed E-state index contributed by atoms with van der Waals surface area (Å²) < 4.78 is 27.1. The van der Waals surface area contributed by atoms with Crippen LogP contribution in [-0.4, -0.2) is 99.9 Å². The largest absolute Gasteiger partial charge is 0.504 e. The molecule has 2 heterocycles. The lowest BCUT2D eigenvalue weighted by Gasteiger charge is -2.42. The number of hydrogen-bond donors (Lipinski definition) is 6. The monoisotopic (exact) mass is 524 g/mol. The van der Waals surface area contributed by atoms with Crippen molar-refractivity contribution in [1.29, 1.82) is 0 Å². The molecule has 0 aromatic heterocycles. The Morgan fingerprint density at radius 3 is 2.54 bits per heavy atom. The van der Waals surface area contributed by atoms with Gasteiger partial charge < -0.3 is 54.3 Å². The number of allylic oxidation sites excluding steroid dienone is 1. The van der Waals surface area contributed by atoms with Gasteiger partial charge in [0.1, 0.15) is 31.0 Å². The van der Waals surface area contributed by atoms with Gasteiger partial charge in [-0.05, 0) is 30.2 Å². The number of carbonyl (C=O) groups excluding carboxylic acids is 1. The number of aliphatic hydroxyl groups is 4. The van der Waals surface area contributed by atoms with Gasteiger partial charge >= 0.3 is 11.9 Å². The van der Waals surface area contributed by atoms with Gasteiger partial charge in [-0.1, -0.05) is 6.08 Å². The number of phenols is 1. The van der Waals surface area contributed by atoms with Crippen molar-refractivity contribution in [3.63, 3.8) is 0 Å². The second-order valence-electron chi connectivity index (χ2n) is 8.83. The highest BCUT2D eigenvalue weighted by Crippen LogP contribution is 2.44. The van der Waals surface area contributed by atoms with Crippen LogP contribution < -0.4 is 4.74 Å². The smallest absolute Gasteiger partial charge is 0.338 e. The Morgan fingerprint density at radius 1 is 1.11 bits per heavy atom. The summed E-state index contributed by atoms with van der Waals surface area (Å²) >= 11 is 0. The Kier molecular flexibility index (Phi) is 8.02. The van der Waals surface area contributed by atoms with Crippen molar-refractivity contribution in [3.05, 3.63) is 47.2 Å². The fourth-order valence-electron chi connectivity index (χ4n) is 4.65. The summed E-state index contributed by atoms with van der Waals surface area (Å²) in [5.74, 6) is -3.36. The number of rotatable bonds is 8. The van der Waals surface area contributed by atoms with Crippen molar-refractivity contribution >= 4 is 11.9 Å². The number of aromatic hydroxyl groups is 1. The molecule has 1 aliphatic carbocycles. The molecule has 0 spiro atoms. The number of aliphatic carboxylic acids is 1. The molecular formula is C24H28O13. The number of benzene rings is 1. The molecule has 4 rings (SSSR count). The van der Waals surface area contributed by atoms with Crippen LogP contribution in [0.15, 0.2) is 41.7 Å². The first kappa shape index (κ1) is 26.9. The minimum Gasteiger partial charge on any atom is -0.504 e. The average molecular weight is 524 g/mol. The van der Waals surface area contributed by atoms with Crippen molar-refractivity contribution < 1.29 is 63.9 Å². The molecule has 0 radical (unpaired) electrons. The molecule has 0 saturated carbocycles. The average Bonchev–Trinajstić information content (AvgIpc) is 3.32. The maximum Gasteiger partial charge on any atom is 0.338 e. The maximum absolute atomic E-state index is 12.6. The van der Waals surface area contributed by atoms with Gasteiger partial charge in [0, 0.05) is 5.92 Å². The number of esters is 1. The molecule has 1 aromatic rings. The van der Waals surface area contributed by atoms with E-state index in [1.165, 1.54) is 25.3 Å². The zero-order valence-electron chi connectivity index (χ0n) is 19.7. The van der Waals surface area contributed by atoms with Crippen molar-refractivity contribution in [2.45, 2.75) is 43.4 Å². The predicted octanol–water partition coefficient (Wildman–Crippen LogP) is -0.739. The number of phenolic OH excluding ortho intramolecular Hbond substituents is 1. The fourth-order valence-corrected chi connectivity index (χ4v) is 4.65. The van der Waals surface area contributed by atoms with Crippen LogP contribution in [-0.2, 0) is 23.7 Å². The van der Waals surface area contributed by atoms with E-state index in [-0.39, 0.29) is 35.7 Å². The third-order valence-corrected chi connectivity index (χ3v) is 6.67. The summed E-state index contributed by atoms with van der Waals surface area (Å²) in [6.45, 7) is -0.900. The molecule has 202 valence electrons. The number of hydrogen-bond acceptors (Lipinski definition) is 12. The molecule has 6 N–H and O–H groups in total. The van der Waals surface area contributed by atoms with Crippen LogP contribution in [0.4, 0.5) is 0 Å². The minimum absolute atomic E-state index is 0.0282. The van der Waals surface area contributed by atoms with E-state index in [9.17, 15) is 40.2 Å². The number of carbonyl (C=O) groups is 2. The molecule has 13 heteroatoms. The Labute approximate surface area is 210 Å². The van der Waals surface area contributed by atoms with Gasteiger partial charge in [-0.15, -0.1) is 0 Å². The molecule has 3 aliphatic rings. The van der Waals surface area contributed by atoms with Gasteiger partial charge in [0.15, 0.2) is 17.8 Å². The maximum atomic E-state index is 12.6. The SMILES string of the molecule is COc1cc(C(=O)OCC2=CC[C@@H]3C(C(=O)O)=CO[C@@H](O[C@H]4O[C@H](CO)[C@@H](O)[C@H](O)[C@H]4O)[C@@H]23)ccc1O. The van der Waals surface area contributed by atoms with Crippen LogP contribution >= 0.6 is 0 Å². The Morgan fingerprint density at radius 2 is 1.86 bits per heavy atom. The second-order valence-corrected chi connectivity index (χ2v) is 8.83. The first-order valence-electron chi connectivity index (χ1n) is 11.4. The topological polar surface area (TPSA) is 202 Å². The van der Waals surface area contributed by atoms with Crippen molar-refractivity contribution in [1.82, 2.24) is 0 Å². The van der Waals surface area contributed by atoms with Gasteiger partial charge in [-0.2, -0.15) is 0 Å². The lowest BCUT2D eigenvalue weighted by Crippen LogP contribution is -2.60. The first-order valence-corrected chi connectivity index (χ1v) is 11.4. The number of carboxylic acid groups (broad SMARTS) is 1. The summed E-state index contributed by atoms with van der Waals surface area (Å²) in [7, 11) is 1.33. The zero-order chi connectivity index (χ0) is 26.9. The Hall–Kier alpha value is -3.20. The highest BCUT2D eigenvalue weighted by atomic mass is 16.8. The third-order valence-electron chi connectivity index (χ3n) is 6.67. The zero-order valence-corrected chi connectivity index (χ0v) is 19.7. The number of ether oxygens (including phenoxy) is 5. The molecule has 1 saturated heterocycles. The number of carboxylic acids is 1. The molecule has 0 unspecified atom stereocenters. The van der Waals surface area contributed by atoms with Crippen molar-refractivity contribution in [3.8, 4) is 11.5 Å². The predicted molar refractivity (Wildman–Crippen MR) is 120 cm³/mol. The Bertz CT molecular complexity index is 1080. The van der Waals surface area contributed by atoms with Crippen LogP contribution in [0.3, 0.4) is 0 Å². The summed E-state index contributed by atoms with van der Waals surface area (Å²) in [5.41, 5.74) is 0.579. The van der Waals surface area contributed by atoms with Crippen LogP contribution in [0.5, 0.6) is 11.5 Å². The molecule has 0 bridgehead atoms. The molecule has 2 aliphatic heterocycles. The van der Waals surface area contributed by atoms with E-state index in [0.717, 1.165) is 6.26 Å². The normalized spacial score (nSPS) is 33.0. The third kappa shape index (κ3) is 5.28. The van der Waals surface area contributed by atoms with E-state index < -0.39 is 67.4 Å². The van der Waals surface area contributed by atoms with Crippen molar-refractivity contribution in [2.75, 3.05) is 20.3 Å². The molecule has 1 aromatic carbocycles. The molecule has 8 atom stereocenters. The quantitative estimate of drug-likeness (QED) is 0.184. The fraction of sp³-hybridized carbons (Fsp3) is 0.500. The van der Waals surface area contributed by atoms with E-state index >= 15 is 0 Å². The van der Waals surface area contributed by atoms with Gasteiger partial charge in [0.05, 0.1) is 37.0 Å². The van der Waals surface area contributed by atoms with Crippen LogP contribution in [0.2, 0.25) is 0 Å². The molecule has 1 fully saturated rings. The van der Waals surface area contributed by atoms with Crippen LogP contribution in [0.25, 0.3) is 0 Å². The first-order chi connectivity index (χ1) is 17.7. The Balaban J connectivity index is 1.50. The molecular weight excluding hydrogens is 496 g/mol. The van der Waals surface area contributed by atoms with Gasteiger partial charge in [0.25, 0.3) is 0 Å². The van der Waals surface area contributed by atoms with E-state index in [0.29, 0.717) is 5.57 Å². The molecule has 13 nitrogen and oxygen atoms in total. The van der Waals surface area contributed by atoms with Crippen LogP contribution in [0, 0.1) is 11.8 Å². The molecule has 0 amide bonds. The van der Waals surface area contributed by atoms with Crippen molar-refractivity contribution in [2.24, 2.45) is 11.8 Å². The number of methoxy groups -OCH3 is 1. The van der Waals surface area contributed by atoms with Gasteiger partial charge in [0.2, 0.25) is 6.29 Å².